The molecule has 0 aliphatic heterocycles. The number of carbonyl (C=O) groups excluding carboxylic acids is 1. The number of nitrogens with zero attached hydrogens (tertiary/aromatic N) is 3. The van der Waals surface area contributed by atoms with Gasteiger partial charge in [0.1, 0.15) is 0 Å². The van der Waals surface area contributed by atoms with Gasteiger partial charge in [-0.1, -0.05) is 12.8 Å². The lowest BCUT2D eigenvalue weighted by Gasteiger charge is -2.15. The first kappa shape index (κ1) is 26.6. The summed E-state index contributed by atoms with van der Waals surface area (Å²) in [6.45, 7) is 6.89. The van der Waals surface area contributed by atoms with Gasteiger partial charge in [-0.05, 0) is 51.0 Å². The zero-order valence-electron chi connectivity index (χ0n) is 20.7. The number of nitrogens with one attached hydrogen (secondary N) is 4. The first-order valence-electron chi connectivity index (χ1n) is 12.3. The van der Waals surface area contributed by atoms with Crippen molar-refractivity contribution in [2.24, 2.45) is 5.73 Å². The van der Waals surface area contributed by atoms with E-state index >= 15 is 0 Å². The topological polar surface area (TPSA) is 148 Å². The quantitative estimate of drug-likeness (QED) is 0.238. The molecule has 11 nitrogen and oxygen atoms in total. The molecule has 0 spiro atoms. The van der Waals surface area contributed by atoms with Crippen LogP contribution in [0.5, 0.6) is 0 Å². The van der Waals surface area contributed by atoms with E-state index in [4.69, 9.17) is 15.2 Å². The number of hydrogen-bond acceptors (Lipinski definition) is 10. The van der Waals surface area contributed by atoms with Gasteiger partial charge in [-0.15, -0.1) is 0 Å². The average molecular weight is 487 g/mol. The molecule has 0 saturated heterocycles. The predicted molar refractivity (Wildman–Crippen MR) is 137 cm³/mol. The van der Waals surface area contributed by atoms with Gasteiger partial charge in [0.05, 0.1) is 26.4 Å². The molecule has 2 aromatic rings. The second-order valence-corrected chi connectivity index (χ2v) is 8.70. The number of nitrogens with two attached hydrogens (primary N) is 1. The van der Waals surface area contributed by atoms with Crippen LogP contribution in [-0.2, 0) is 9.47 Å². The van der Waals surface area contributed by atoms with E-state index in [1.54, 1.807) is 12.1 Å². The highest BCUT2D eigenvalue weighted by Gasteiger charge is 2.17. The number of amides is 1. The van der Waals surface area contributed by atoms with Gasteiger partial charge in [0.25, 0.3) is 5.91 Å². The molecule has 1 aromatic carbocycles. The fourth-order valence-electron chi connectivity index (χ4n) is 3.65. The van der Waals surface area contributed by atoms with Gasteiger partial charge in [-0.2, -0.15) is 15.0 Å². The van der Waals surface area contributed by atoms with E-state index in [1.807, 2.05) is 26.0 Å². The molecule has 0 unspecified atom stereocenters. The van der Waals surface area contributed by atoms with Crippen LogP contribution in [0.2, 0.25) is 0 Å². The van der Waals surface area contributed by atoms with Gasteiger partial charge in [-0.3, -0.25) is 4.79 Å². The van der Waals surface area contributed by atoms with Gasteiger partial charge >= 0.3 is 0 Å². The largest absolute Gasteiger partial charge is 0.378 e. The Bertz CT molecular complexity index is 904. The Morgan fingerprint density at radius 3 is 2.31 bits per heavy atom. The standard InChI is InChI=1S/C24H38N8O3/c1-17(2)27-22-30-23(28-19-5-3-4-6-19)32-24(31-22)29-20-9-7-18(8-10-20)21(33)26-12-14-35-16-15-34-13-11-25/h7-10,17,19H,3-6,11-16,25H2,1-2H3,(H,26,33)(H3,27,28,29,30,31,32). The summed E-state index contributed by atoms with van der Waals surface area (Å²) in [6, 6.07) is 7.74. The van der Waals surface area contributed by atoms with Crippen molar-refractivity contribution in [3.8, 4) is 0 Å². The molecule has 3 rings (SSSR count). The van der Waals surface area contributed by atoms with E-state index < -0.39 is 0 Å². The van der Waals surface area contributed by atoms with Crippen molar-refractivity contribution in [1.82, 2.24) is 20.3 Å². The maximum Gasteiger partial charge on any atom is 0.251 e. The lowest BCUT2D eigenvalue weighted by Crippen LogP contribution is -2.27. The average Bonchev–Trinajstić information content (AvgIpc) is 3.33. The molecule has 192 valence electrons. The number of aromatic nitrogens is 3. The normalized spacial score (nSPS) is 13.7. The molecule has 1 amide bonds. The summed E-state index contributed by atoms with van der Waals surface area (Å²) in [5, 5.41) is 12.7. The van der Waals surface area contributed by atoms with Crippen molar-refractivity contribution in [2.75, 3.05) is 55.5 Å². The minimum atomic E-state index is -0.161. The molecule has 1 aliphatic rings. The van der Waals surface area contributed by atoms with Gasteiger partial charge in [-0.25, -0.2) is 0 Å². The molecule has 0 bridgehead atoms. The Kier molecular flexibility index (Phi) is 10.9. The third-order valence-corrected chi connectivity index (χ3v) is 5.31. The number of rotatable bonds is 15. The minimum Gasteiger partial charge on any atom is -0.378 e. The summed E-state index contributed by atoms with van der Waals surface area (Å²) in [5.41, 5.74) is 6.68. The van der Waals surface area contributed by atoms with Crippen molar-refractivity contribution < 1.29 is 14.3 Å². The van der Waals surface area contributed by atoms with Gasteiger partial charge in [0.15, 0.2) is 0 Å². The molecule has 1 heterocycles. The number of hydrogen-bond donors (Lipinski definition) is 5. The SMILES string of the molecule is CC(C)Nc1nc(Nc2ccc(C(=O)NCCOCCOCCN)cc2)nc(NC2CCCC2)n1. The molecule has 0 radical (unpaired) electrons. The molecular formula is C24H38N8O3. The Morgan fingerprint density at radius 1 is 0.971 bits per heavy atom. The Hall–Kier alpha value is -3.02. The molecule has 35 heavy (non-hydrogen) atoms. The van der Waals surface area contributed by atoms with Crippen LogP contribution in [0.25, 0.3) is 0 Å². The Labute approximate surface area is 207 Å². The molecular weight excluding hydrogens is 448 g/mol. The molecule has 11 heteroatoms. The fraction of sp³-hybridized carbons (Fsp3) is 0.583. The monoisotopic (exact) mass is 486 g/mol. The molecule has 1 saturated carbocycles. The van der Waals surface area contributed by atoms with E-state index in [-0.39, 0.29) is 11.9 Å². The van der Waals surface area contributed by atoms with E-state index in [1.165, 1.54) is 12.8 Å². The van der Waals surface area contributed by atoms with Crippen LogP contribution < -0.4 is 27.0 Å². The first-order chi connectivity index (χ1) is 17.0. The van der Waals surface area contributed by atoms with Gasteiger partial charge in [0.2, 0.25) is 17.8 Å². The van der Waals surface area contributed by atoms with Crippen molar-refractivity contribution in [3.05, 3.63) is 29.8 Å². The minimum absolute atomic E-state index is 0.161. The van der Waals surface area contributed by atoms with E-state index in [0.29, 0.717) is 69.0 Å². The highest BCUT2D eigenvalue weighted by atomic mass is 16.5. The van der Waals surface area contributed by atoms with Gasteiger partial charge < -0.3 is 36.5 Å². The second kappa shape index (κ2) is 14.4. The number of ether oxygens (including phenoxy) is 2. The summed E-state index contributed by atoms with van der Waals surface area (Å²) in [7, 11) is 0. The lowest BCUT2D eigenvalue weighted by molar-refractivity contribution is 0.0511. The fourth-order valence-corrected chi connectivity index (χ4v) is 3.65. The summed E-state index contributed by atoms with van der Waals surface area (Å²) >= 11 is 0. The zero-order chi connectivity index (χ0) is 24.9. The van der Waals surface area contributed by atoms with Crippen LogP contribution in [0.4, 0.5) is 23.5 Å². The van der Waals surface area contributed by atoms with Crippen LogP contribution in [-0.4, -0.2) is 72.5 Å². The van der Waals surface area contributed by atoms with Gasteiger partial charge in [0, 0.05) is 36.4 Å². The molecule has 0 atom stereocenters. The van der Waals surface area contributed by atoms with Crippen molar-refractivity contribution in [2.45, 2.75) is 51.6 Å². The van der Waals surface area contributed by atoms with Crippen LogP contribution in [0.3, 0.4) is 0 Å². The van der Waals surface area contributed by atoms with E-state index in [0.717, 1.165) is 18.5 Å². The smallest absolute Gasteiger partial charge is 0.251 e. The number of carbonyl (C=O) groups is 1. The lowest BCUT2D eigenvalue weighted by atomic mass is 10.2. The summed E-state index contributed by atoms with van der Waals surface area (Å²) in [4.78, 5) is 25.9. The predicted octanol–water partition coefficient (Wildman–Crippen LogP) is 2.51. The van der Waals surface area contributed by atoms with E-state index in [2.05, 4.69) is 36.2 Å². The molecule has 1 aliphatic carbocycles. The zero-order valence-corrected chi connectivity index (χ0v) is 20.7. The van der Waals surface area contributed by atoms with E-state index in [9.17, 15) is 4.79 Å². The maximum atomic E-state index is 12.4. The van der Waals surface area contributed by atoms with Crippen LogP contribution in [0.15, 0.2) is 24.3 Å². The Balaban J connectivity index is 1.51. The maximum absolute atomic E-state index is 12.4. The van der Waals surface area contributed by atoms with Crippen LogP contribution in [0.1, 0.15) is 49.9 Å². The highest BCUT2D eigenvalue weighted by molar-refractivity contribution is 5.94. The Morgan fingerprint density at radius 2 is 1.63 bits per heavy atom. The third kappa shape index (κ3) is 9.63. The number of benzene rings is 1. The molecule has 6 N–H and O–H groups in total. The highest BCUT2D eigenvalue weighted by Crippen LogP contribution is 2.22. The summed E-state index contributed by atoms with van der Waals surface area (Å²) in [5.74, 6) is 1.35. The molecule has 1 aromatic heterocycles. The molecule has 1 fully saturated rings. The summed E-state index contributed by atoms with van der Waals surface area (Å²) in [6.07, 6.45) is 4.70. The number of anilines is 4. The summed E-state index contributed by atoms with van der Waals surface area (Å²) < 4.78 is 10.6. The van der Waals surface area contributed by atoms with Crippen LogP contribution >= 0.6 is 0 Å². The second-order valence-electron chi connectivity index (χ2n) is 8.70. The van der Waals surface area contributed by atoms with Crippen molar-refractivity contribution in [3.63, 3.8) is 0 Å². The first-order valence-corrected chi connectivity index (χ1v) is 12.3. The van der Waals surface area contributed by atoms with Crippen molar-refractivity contribution >= 4 is 29.4 Å². The third-order valence-electron chi connectivity index (χ3n) is 5.31. The van der Waals surface area contributed by atoms with Crippen molar-refractivity contribution in [1.29, 1.82) is 0 Å². The van der Waals surface area contributed by atoms with Crippen LogP contribution in [0, 0.1) is 0 Å².